The fourth-order valence-electron chi connectivity index (χ4n) is 1.75. The molecule has 1 heterocycles. The van der Waals surface area contributed by atoms with E-state index in [0.717, 1.165) is 0 Å². The van der Waals surface area contributed by atoms with Crippen LogP contribution in [-0.4, -0.2) is 27.5 Å². The molecule has 1 fully saturated rings. The zero-order valence-corrected chi connectivity index (χ0v) is 11.3. The molecule has 0 spiro atoms. The molecule has 2 N–H and O–H groups in total. The van der Waals surface area contributed by atoms with Crippen LogP contribution >= 0.6 is 12.4 Å². The molecule has 0 radical (unpaired) electrons. The number of halogens is 4. The molecule has 0 amide bonds. The van der Waals surface area contributed by atoms with Gasteiger partial charge in [0.25, 0.3) is 0 Å². The summed E-state index contributed by atoms with van der Waals surface area (Å²) < 4.78 is 64.9. The van der Waals surface area contributed by atoms with Gasteiger partial charge in [0.2, 0.25) is 10.0 Å². The van der Waals surface area contributed by atoms with E-state index in [0.29, 0.717) is 25.6 Å². The van der Waals surface area contributed by atoms with E-state index in [2.05, 4.69) is 10.0 Å². The van der Waals surface area contributed by atoms with E-state index in [-0.39, 0.29) is 24.5 Å². The van der Waals surface area contributed by atoms with Crippen molar-refractivity contribution in [3.05, 3.63) is 29.6 Å². The highest BCUT2D eigenvalue weighted by molar-refractivity contribution is 7.89. The van der Waals surface area contributed by atoms with Gasteiger partial charge in [0.05, 0.1) is 0 Å². The fraction of sp³-hybridized carbons (Fsp3) is 0.400. The Morgan fingerprint density at radius 1 is 1.16 bits per heavy atom. The number of benzene rings is 1. The van der Waals surface area contributed by atoms with Gasteiger partial charge in [-0.25, -0.2) is 26.3 Å². The van der Waals surface area contributed by atoms with Gasteiger partial charge in [0, 0.05) is 18.7 Å². The Labute approximate surface area is 114 Å². The lowest BCUT2D eigenvalue weighted by molar-refractivity contribution is 0.480. The largest absolute Gasteiger partial charge is 0.315 e. The van der Waals surface area contributed by atoms with Crippen molar-refractivity contribution in [2.24, 2.45) is 0 Å². The molecule has 19 heavy (non-hydrogen) atoms. The van der Waals surface area contributed by atoms with Gasteiger partial charge in [-0.3, -0.25) is 0 Å². The van der Waals surface area contributed by atoms with Crippen molar-refractivity contribution >= 4 is 22.4 Å². The smallest absolute Gasteiger partial charge is 0.243 e. The van der Waals surface area contributed by atoms with Gasteiger partial charge in [-0.15, -0.1) is 12.4 Å². The second kappa shape index (κ2) is 6.08. The van der Waals surface area contributed by atoms with Crippen LogP contribution in [0, 0.1) is 17.5 Å². The molecule has 1 aromatic carbocycles. The summed E-state index contributed by atoms with van der Waals surface area (Å²) in [6, 6.07) is 0.189. The van der Waals surface area contributed by atoms with Gasteiger partial charge in [-0.1, -0.05) is 0 Å². The highest BCUT2D eigenvalue weighted by atomic mass is 35.5. The van der Waals surface area contributed by atoms with Crippen molar-refractivity contribution < 1.29 is 21.6 Å². The molecular formula is C10H12ClF3N2O2S. The van der Waals surface area contributed by atoms with Crippen molar-refractivity contribution in [2.75, 3.05) is 13.1 Å². The maximum Gasteiger partial charge on any atom is 0.243 e. The molecule has 1 saturated heterocycles. The van der Waals surface area contributed by atoms with Gasteiger partial charge in [-0.2, -0.15) is 0 Å². The first-order valence-electron chi connectivity index (χ1n) is 5.28. The van der Waals surface area contributed by atoms with Crippen LogP contribution in [0.3, 0.4) is 0 Å². The first kappa shape index (κ1) is 16.2. The van der Waals surface area contributed by atoms with Crippen LogP contribution in [0.2, 0.25) is 0 Å². The zero-order chi connectivity index (χ0) is 13.3. The average Bonchev–Trinajstić information content (AvgIpc) is 2.75. The van der Waals surface area contributed by atoms with Gasteiger partial charge in [-0.05, 0) is 19.0 Å². The lowest BCUT2D eigenvalue weighted by Gasteiger charge is -2.12. The Balaban J connectivity index is 0.00000180. The Morgan fingerprint density at radius 2 is 1.79 bits per heavy atom. The summed E-state index contributed by atoms with van der Waals surface area (Å²) in [5.74, 6) is -4.14. The van der Waals surface area contributed by atoms with Crippen molar-refractivity contribution in [3.8, 4) is 0 Å². The van der Waals surface area contributed by atoms with E-state index in [9.17, 15) is 21.6 Å². The molecule has 9 heteroatoms. The van der Waals surface area contributed by atoms with Crippen molar-refractivity contribution in [1.29, 1.82) is 0 Å². The molecule has 0 bridgehead atoms. The molecule has 2 rings (SSSR count). The number of hydrogen-bond donors (Lipinski definition) is 2. The molecular weight excluding hydrogens is 305 g/mol. The number of hydrogen-bond acceptors (Lipinski definition) is 3. The summed E-state index contributed by atoms with van der Waals surface area (Å²) in [4.78, 5) is -0.881. The van der Waals surface area contributed by atoms with Gasteiger partial charge in [0.1, 0.15) is 10.7 Å². The Kier molecular flexibility index (Phi) is 5.19. The second-order valence-electron chi connectivity index (χ2n) is 4.01. The van der Waals surface area contributed by atoms with Gasteiger partial charge >= 0.3 is 0 Å². The quantitative estimate of drug-likeness (QED) is 0.823. The molecule has 1 atom stereocenters. The van der Waals surface area contributed by atoms with E-state index in [1.54, 1.807) is 0 Å². The van der Waals surface area contributed by atoms with E-state index in [4.69, 9.17) is 0 Å². The highest BCUT2D eigenvalue weighted by Gasteiger charge is 2.26. The SMILES string of the molecule is Cl.O=S(=O)(NC1CCNC1)c1cc(F)c(F)cc1F. The van der Waals surface area contributed by atoms with Crippen molar-refractivity contribution in [3.63, 3.8) is 0 Å². The predicted octanol–water partition coefficient (Wildman–Crippen LogP) is 1.17. The Bertz CT molecular complexity index is 562. The van der Waals surface area contributed by atoms with E-state index >= 15 is 0 Å². The predicted molar refractivity (Wildman–Crippen MR) is 65.2 cm³/mol. The molecule has 0 saturated carbocycles. The Hall–Kier alpha value is -0.830. The monoisotopic (exact) mass is 316 g/mol. The summed E-state index contributed by atoms with van der Waals surface area (Å²) in [5, 5.41) is 2.93. The minimum atomic E-state index is -4.19. The third kappa shape index (κ3) is 3.59. The highest BCUT2D eigenvalue weighted by Crippen LogP contribution is 2.19. The number of nitrogens with one attached hydrogen (secondary N) is 2. The van der Waals surface area contributed by atoms with Gasteiger partial charge < -0.3 is 5.32 Å². The lowest BCUT2D eigenvalue weighted by Crippen LogP contribution is -2.36. The van der Waals surface area contributed by atoms with Crippen LogP contribution in [0.4, 0.5) is 13.2 Å². The summed E-state index contributed by atoms with van der Waals surface area (Å²) in [6.07, 6.45) is 0.560. The number of rotatable bonds is 3. The average molecular weight is 317 g/mol. The molecule has 108 valence electrons. The maximum atomic E-state index is 13.4. The van der Waals surface area contributed by atoms with Crippen molar-refractivity contribution in [2.45, 2.75) is 17.4 Å². The van der Waals surface area contributed by atoms with Crippen molar-refractivity contribution in [1.82, 2.24) is 10.0 Å². The first-order chi connectivity index (χ1) is 8.40. The molecule has 1 aromatic rings. The fourth-order valence-corrected chi connectivity index (χ4v) is 3.09. The summed E-state index contributed by atoms with van der Waals surface area (Å²) in [5.41, 5.74) is 0. The lowest BCUT2D eigenvalue weighted by atomic mass is 10.3. The van der Waals surface area contributed by atoms with Crippen LogP contribution in [0.25, 0.3) is 0 Å². The minimum absolute atomic E-state index is 0. The van der Waals surface area contributed by atoms with E-state index in [1.807, 2.05) is 0 Å². The van der Waals surface area contributed by atoms with Gasteiger partial charge in [0.15, 0.2) is 11.6 Å². The van der Waals surface area contributed by atoms with Crippen LogP contribution in [-0.2, 0) is 10.0 Å². The standard InChI is InChI=1S/C10H11F3N2O2S.ClH/c11-7-3-9(13)10(4-8(7)12)18(16,17)15-6-1-2-14-5-6;/h3-4,6,14-15H,1-2,5H2;1H. The third-order valence-electron chi connectivity index (χ3n) is 2.65. The van der Waals surface area contributed by atoms with Crippen LogP contribution < -0.4 is 10.0 Å². The normalized spacial score (nSPS) is 19.2. The first-order valence-corrected chi connectivity index (χ1v) is 6.76. The molecule has 1 aliphatic heterocycles. The van der Waals surface area contributed by atoms with Crippen LogP contribution in [0.1, 0.15) is 6.42 Å². The van der Waals surface area contributed by atoms with E-state index < -0.39 is 32.4 Å². The zero-order valence-electron chi connectivity index (χ0n) is 9.62. The second-order valence-corrected chi connectivity index (χ2v) is 5.69. The number of sulfonamides is 1. The third-order valence-corrected chi connectivity index (χ3v) is 4.18. The summed E-state index contributed by atoms with van der Waals surface area (Å²) >= 11 is 0. The maximum absolute atomic E-state index is 13.4. The van der Waals surface area contributed by atoms with Crippen LogP contribution in [0.5, 0.6) is 0 Å². The summed E-state index contributed by atoms with van der Waals surface area (Å²) in [6.45, 7) is 1.07. The van der Waals surface area contributed by atoms with E-state index in [1.165, 1.54) is 0 Å². The Morgan fingerprint density at radius 3 is 2.37 bits per heavy atom. The molecule has 0 aliphatic carbocycles. The molecule has 0 aromatic heterocycles. The summed E-state index contributed by atoms with van der Waals surface area (Å²) in [7, 11) is -4.19. The molecule has 1 unspecified atom stereocenters. The van der Waals surface area contributed by atoms with Crippen LogP contribution in [0.15, 0.2) is 17.0 Å². The topological polar surface area (TPSA) is 58.2 Å². The minimum Gasteiger partial charge on any atom is -0.315 e. The molecule has 1 aliphatic rings. The molecule has 4 nitrogen and oxygen atoms in total.